The van der Waals surface area contributed by atoms with Gasteiger partial charge in [0.1, 0.15) is 0 Å². The number of rotatable bonds is 1. The number of hydrogen-bond donors (Lipinski definition) is 0. The number of nitrogens with zero attached hydrogens (tertiary/aromatic N) is 1. The van der Waals surface area contributed by atoms with Crippen molar-refractivity contribution in [1.29, 1.82) is 0 Å². The summed E-state index contributed by atoms with van der Waals surface area (Å²) in [6.45, 7) is 4.47. The molecule has 0 bridgehead atoms. The number of amides is 2. The number of likely N-dealkylation sites (tertiary alicyclic amines) is 1. The van der Waals surface area contributed by atoms with E-state index in [1.807, 2.05) is 26.0 Å². The van der Waals surface area contributed by atoms with Gasteiger partial charge in [-0.1, -0.05) is 13.0 Å². The van der Waals surface area contributed by atoms with Gasteiger partial charge in [0.15, 0.2) is 0 Å². The molecule has 1 aromatic rings. The van der Waals surface area contributed by atoms with E-state index < -0.39 is 0 Å². The maximum Gasteiger partial charge on any atom is 0.261 e. The average molecular weight is 296 g/mol. The molecule has 1 saturated heterocycles. The highest BCUT2D eigenvalue weighted by Crippen LogP contribution is 2.24. The number of benzene rings is 1. The van der Waals surface area contributed by atoms with Crippen molar-refractivity contribution in [3.63, 3.8) is 0 Å². The summed E-state index contributed by atoms with van der Waals surface area (Å²) in [5.41, 5.74) is 1.63. The molecule has 17 heavy (non-hydrogen) atoms. The number of halogens is 1. The Morgan fingerprint density at radius 3 is 2.71 bits per heavy atom. The first-order valence-corrected chi connectivity index (χ1v) is 6.39. The first-order chi connectivity index (χ1) is 7.99. The van der Waals surface area contributed by atoms with Gasteiger partial charge in [-0.3, -0.25) is 14.5 Å². The van der Waals surface area contributed by atoms with Crippen LogP contribution in [-0.2, 0) is 4.79 Å². The topological polar surface area (TPSA) is 37.4 Å². The van der Waals surface area contributed by atoms with Gasteiger partial charge < -0.3 is 0 Å². The van der Waals surface area contributed by atoms with E-state index in [0.717, 1.165) is 10.0 Å². The van der Waals surface area contributed by atoms with Crippen molar-refractivity contribution in [3.05, 3.63) is 33.8 Å². The summed E-state index contributed by atoms with van der Waals surface area (Å²) < 4.78 is 0.745. The summed E-state index contributed by atoms with van der Waals surface area (Å²) in [6.07, 6.45) is 0.467. The van der Waals surface area contributed by atoms with Crippen molar-refractivity contribution >= 4 is 27.7 Å². The monoisotopic (exact) mass is 295 g/mol. The zero-order valence-corrected chi connectivity index (χ0v) is 11.5. The Labute approximate surface area is 109 Å². The average Bonchev–Trinajstić information content (AvgIpc) is 2.57. The van der Waals surface area contributed by atoms with E-state index in [0.29, 0.717) is 18.5 Å². The molecule has 2 amide bonds. The maximum absolute atomic E-state index is 12.2. The molecule has 1 unspecified atom stereocenters. The van der Waals surface area contributed by atoms with E-state index in [-0.39, 0.29) is 17.7 Å². The number of carbonyl (C=O) groups excluding carboxylic acids is 2. The standard InChI is InChI=1S/C13H14BrNO2/c1-8-3-4-10(11(14)5-8)13(17)15-7-9(2)6-12(15)16/h3-5,9H,6-7H2,1-2H3. The van der Waals surface area contributed by atoms with Gasteiger partial charge in [0.2, 0.25) is 5.91 Å². The number of hydrogen-bond acceptors (Lipinski definition) is 2. The van der Waals surface area contributed by atoms with Crippen LogP contribution in [0.4, 0.5) is 0 Å². The highest BCUT2D eigenvalue weighted by Gasteiger charge is 2.32. The van der Waals surface area contributed by atoms with Crippen molar-refractivity contribution < 1.29 is 9.59 Å². The molecule has 0 aliphatic carbocycles. The molecule has 1 aliphatic rings. The molecule has 90 valence electrons. The Hall–Kier alpha value is -1.16. The molecular formula is C13H14BrNO2. The summed E-state index contributed by atoms with van der Waals surface area (Å²) in [7, 11) is 0. The molecule has 1 atom stereocenters. The second kappa shape index (κ2) is 4.61. The largest absolute Gasteiger partial charge is 0.278 e. The predicted molar refractivity (Wildman–Crippen MR) is 68.7 cm³/mol. The summed E-state index contributed by atoms with van der Waals surface area (Å²) in [5, 5.41) is 0. The van der Waals surface area contributed by atoms with Crippen LogP contribution in [-0.4, -0.2) is 23.3 Å². The lowest BCUT2D eigenvalue weighted by Crippen LogP contribution is -2.32. The van der Waals surface area contributed by atoms with E-state index in [9.17, 15) is 9.59 Å². The van der Waals surface area contributed by atoms with Gasteiger partial charge >= 0.3 is 0 Å². The van der Waals surface area contributed by atoms with E-state index in [1.54, 1.807) is 6.07 Å². The third-order valence-electron chi connectivity index (χ3n) is 2.92. The molecule has 4 heteroatoms. The zero-order chi connectivity index (χ0) is 12.6. The van der Waals surface area contributed by atoms with Crippen LogP contribution in [0.15, 0.2) is 22.7 Å². The second-order valence-electron chi connectivity index (χ2n) is 4.60. The Morgan fingerprint density at radius 1 is 1.47 bits per heavy atom. The zero-order valence-electron chi connectivity index (χ0n) is 9.87. The number of aryl methyl sites for hydroxylation is 1. The minimum atomic E-state index is -0.203. The van der Waals surface area contributed by atoms with Gasteiger partial charge in [-0.2, -0.15) is 0 Å². The Bertz CT molecular complexity index is 484. The van der Waals surface area contributed by atoms with Crippen LogP contribution in [0.3, 0.4) is 0 Å². The molecule has 1 aliphatic heterocycles. The van der Waals surface area contributed by atoms with Crippen LogP contribution in [0.2, 0.25) is 0 Å². The lowest BCUT2D eigenvalue weighted by atomic mass is 10.1. The third kappa shape index (κ3) is 2.41. The molecule has 0 saturated carbocycles. The molecule has 0 aromatic heterocycles. The molecule has 1 aromatic carbocycles. The van der Waals surface area contributed by atoms with Crippen LogP contribution in [0.5, 0.6) is 0 Å². The number of carbonyl (C=O) groups is 2. The van der Waals surface area contributed by atoms with Gasteiger partial charge in [0.25, 0.3) is 5.91 Å². The lowest BCUT2D eigenvalue weighted by molar-refractivity contribution is -0.125. The van der Waals surface area contributed by atoms with Crippen molar-refractivity contribution in [3.8, 4) is 0 Å². The molecule has 1 heterocycles. The molecule has 0 radical (unpaired) electrons. The normalized spacial score (nSPS) is 19.8. The molecule has 0 N–H and O–H groups in total. The summed E-state index contributed by atoms with van der Waals surface area (Å²) in [6, 6.07) is 5.52. The van der Waals surface area contributed by atoms with Crippen molar-refractivity contribution in [2.75, 3.05) is 6.54 Å². The smallest absolute Gasteiger partial charge is 0.261 e. The maximum atomic E-state index is 12.2. The van der Waals surface area contributed by atoms with E-state index in [2.05, 4.69) is 15.9 Å². The predicted octanol–water partition coefficient (Wildman–Crippen LogP) is 2.77. The Kier molecular flexibility index (Phi) is 3.33. The summed E-state index contributed by atoms with van der Waals surface area (Å²) in [4.78, 5) is 25.2. The van der Waals surface area contributed by atoms with Crippen LogP contribution >= 0.6 is 15.9 Å². The Balaban J connectivity index is 2.28. The third-order valence-corrected chi connectivity index (χ3v) is 3.57. The second-order valence-corrected chi connectivity index (χ2v) is 5.46. The van der Waals surface area contributed by atoms with Crippen LogP contribution in [0.25, 0.3) is 0 Å². The fraction of sp³-hybridized carbons (Fsp3) is 0.385. The number of imide groups is 1. The summed E-state index contributed by atoms with van der Waals surface area (Å²) >= 11 is 3.37. The molecule has 2 rings (SSSR count). The fourth-order valence-electron chi connectivity index (χ4n) is 2.02. The van der Waals surface area contributed by atoms with Crippen LogP contribution < -0.4 is 0 Å². The van der Waals surface area contributed by atoms with Gasteiger partial charge in [0, 0.05) is 17.4 Å². The highest BCUT2D eigenvalue weighted by molar-refractivity contribution is 9.10. The van der Waals surface area contributed by atoms with Crippen LogP contribution in [0.1, 0.15) is 29.3 Å². The fourth-order valence-corrected chi connectivity index (χ4v) is 2.68. The molecule has 3 nitrogen and oxygen atoms in total. The van der Waals surface area contributed by atoms with Gasteiger partial charge in [-0.25, -0.2) is 0 Å². The minimum absolute atomic E-state index is 0.0741. The lowest BCUT2D eigenvalue weighted by Gasteiger charge is -2.15. The first-order valence-electron chi connectivity index (χ1n) is 5.60. The van der Waals surface area contributed by atoms with E-state index in [4.69, 9.17) is 0 Å². The van der Waals surface area contributed by atoms with E-state index in [1.165, 1.54) is 4.90 Å². The van der Waals surface area contributed by atoms with Gasteiger partial charge in [0.05, 0.1) is 5.56 Å². The van der Waals surface area contributed by atoms with Crippen LogP contribution in [0, 0.1) is 12.8 Å². The molecular weight excluding hydrogens is 282 g/mol. The van der Waals surface area contributed by atoms with Crippen molar-refractivity contribution in [2.24, 2.45) is 5.92 Å². The Morgan fingerprint density at radius 2 is 2.18 bits per heavy atom. The first kappa shape index (κ1) is 12.3. The van der Waals surface area contributed by atoms with Gasteiger partial charge in [-0.05, 0) is 46.5 Å². The van der Waals surface area contributed by atoms with Gasteiger partial charge in [-0.15, -0.1) is 0 Å². The van der Waals surface area contributed by atoms with Crippen molar-refractivity contribution in [1.82, 2.24) is 4.90 Å². The SMILES string of the molecule is Cc1ccc(C(=O)N2CC(C)CC2=O)c(Br)c1. The van der Waals surface area contributed by atoms with Crippen molar-refractivity contribution in [2.45, 2.75) is 20.3 Å². The quantitative estimate of drug-likeness (QED) is 0.747. The minimum Gasteiger partial charge on any atom is -0.278 e. The van der Waals surface area contributed by atoms with E-state index >= 15 is 0 Å². The summed E-state index contributed by atoms with van der Waals surface area (Å²) in [5.74, 6) is -0.0168. The highest BCUT2D eigenvalue weighted by atomic mass is 79.9. The molecule has 1 fully saturated rings. The molecule has 0 spiro atoms.